The molecule has 21 heavy (non-hydrogen) atoms. The SMILES string of the molecule is N=C(N)c1cc2c(C#Cc3cccc(F)c3)cccc2s1. The summed E-state index contributed by atoms with van der Waals surface area (Å²) >= 11 is 1.47. The van der Waals surface area contributed by atoms with Gasteiger partial charge >= 0.3 is 0 Å². The Morgan fingerprint density at radius 1 is 1.10 bits per heavy atom. The minimum Gasteiger partial charge on any atom is -0.383 e. The van der Waals surface area contributed by atoms with Gasteiger partial charge in [0.05, 0.1) is 4.88 Å². The molecule has 0 saturated carbocycles. The van der Waals surface area contributed by atoms with Gasteiger partial charge in [0.1, 0.15) is 11.7 Å². The van der Waals surface area contributed by atoms with Crippen molar-refractivity contribution in [3.63, 3.8) is 0 Å². The number of fused-ring (bicyclic) bond motifs is 1. The number of rotatable bonds is 1. The minimum absolute atomic E-state index is 0.0558. The number of nitrogens with two attached hydrogens (primary N) is 1. The molecular weight excluding hydrogens is 283 g/mol. The molecule has 0 spiro atoms. The summed E-state index contributed by atoms with van der Waals surface area (Å²) in [5.74, 6) is 5.78. The molecule has 0 amide bonds. The quantitative estimate of drug-likeness (QED) is 0.401. The van der Waals surface area contributed by atoms with Gasteiger partial charge in [0.25, 0.3) is 0 Å². The molecule has 0 atom stereocenters. The Labute approximate surface area is 125 Å². The highest BCUT2D eigenvalue weighted by Crippen LogP contribution is 2.27. The lowest BCUT2D eigenvalue weighted by molar-refractivity contribution is 0.627. The van der Waals surface area contributed by atoms with Crippen LogP contribution in [-0.4, -0.2) is 5.84 Å². The first kappa shape index (κ1) is 13.3. The third-order valence-electron chi connectivity index (χ3n) is 2.99. The lowest BCUT2D eigenvalue weighted by Gasteiger charge is -1.94. The van der Waals surface area contributed by atoms with Crippen LogP contribution in [0.25, 0.3) is 10.1 Å². The first-order valence-electron chi connectivity index (χ1n) is 6.28. The Morgan fingerprint density at radius 3 is 2.67 bits per heavy atom. The highest BCUT2D eigenvalue weighted by Gasteiger charge is 2.06. The van der Waals surface area contributed by atoms with Gasteiger partial charge in [-0.3, -0.25) is 5.41 Å². The molecule has 3 N–H and O–H groups in total. The van der Waals surface area contributed by atoms with Gasteiger partial charge in [0.15, 0.2) is 0 Å². The maximum atomic E-state index is 13.1. The number of halogens is 1. The molecule has 2 nitrogen and oxygen atoms in total. The molecule has 3 aromatic rings. The number of nitrogen functional groups attached to an aromatic ring is 1. The third kappa shape index (κ3) is 2.78. The van der Waals surface area contributed by atoms with E-state index in [0.29, 0.717) is 5.56 Å². The summed E-state index contributed by atoms with van der Waals surface area (Å²) in [6.45, 7) is 0. The van der Waals surface area contributed by atoms with E-state index in [2.05, 4.69) is 11.8 Å². The van der Waals surface area contributed by atoms with E-state index in [1.807, 2.05) is 24.3 Å². The Hall–Kier alpha value is -2.64. The van der Waals surface area contributed by atoms with Crippen molar-refractivity contribution in [1.29, 1.82) is 5.41 Å². The van der Waals surface area contributed by atoms with E-state index < -0.39 is 0 Å². The van der Waals surface area contributed by atoms with Gasteiger partial charge < -0.3 is 5.73 Å². The number of hydrogen-bond acceptors (Lipinski definition) is 2. The Morgan fingerprint density at radius 2 is 1.90 bits per heavy atom. The van der Waals surface area contributed by atoms with Crippen LogP contribution < -0.4 is 5.73 Å². The predicted octanol–water partition coefficient (Wildman–Crippen LogP) is 3.72. The zero-order valence-electron chi connectivity index (χ0n) is 11.0. The molecule has 4 heteroatoms. The molecule has 0 radical (unpaired) electrons. The normalized spacial score (nSPS) is 10.1. The van der Waals surface area contributed by atoms with Gasteiger partial charge in [-0.15, -0.1) is 11.3 Å². The summed E-state index contributed by atoms with van der Waals surface area (Å²) in [6.07, 6.45) is 0. The molecule has 0 aliphatic heterocycles. The molecule has 0 aliphatic rings. The largest absolute Gasteiger partial charge is 0.383 e. The van der Waals surface area contributed by atoms with E-state index in [4.69, 9.17) is 11.1 Å². The van der Waals surface area contributed by atoms with Gasteiger partial charge in [-0.2, -0.15) is 0 Å². The molecule has 2 aromatic carbocycles. The molecule has 1 aromatic heterocycles. The fourth-order valence-corrected chi connectivity index (χ4v) is 2.96. The fraction of sp³-hybridized carbons (Fsp3) is 0. The summed E-state index contributed by atoms with van der Waals surface area (Å²) in [5, 5.41) is 8.48. The minimum atomic E-state index is -0.297. The zero-order chi connectivity index (χ0) is 14.8. The zero-order valence-corrected chi connectivity index (χ0v) is 11.8. The van der Waals surface area contributed by atoms with Crippen LogP contribution in [0.4, 0.5) is 4.39 Å². The lowest BCUT2D eigenvalue weighted by atomic mass is 10.1. The van der Waals surface area contributed by atoms with Crippen molar-refractivity contribution in [1.82, 2.24) is 0 Å². The van der Waals surface area contributed by atoms with Crippen molar-refractivity contribution < 1.29 is 4.39 Å². The third-order valence-corrected chi connectivity index (χ3v) is 4.13. The van der Waals surface area contributed by atoms with E-state index >= 15 is 0 Å². The first-order valence-corrected chi connectivity index (χ1v) is 7.10. The molecule has 0 fully saturated rings. The van der Waals surface area contributed by atoms with E-state index in [1.54, 1.807) is 12.1 Å². The molecule has 102 valence electrons. The lowest BCUT2D eigenvalue weighted by Crippen LogP contribution is -2.08. The maximum Gasteiger partial charge on any atom is 0.133 e. The van der Waals surface area contributed by atoms with E-state index in [-0.39, 0.29) is 11.7 Å². The van der Waals surface area contributed by atoms with Crippen molar-refractivity contribution in [2.24, 2.45) is 5.73 Å². The predicted molar refractivity (Wildman–Crippen MR) is 85.2 cm³/mol. The number of hydrogen-bond donors (Lipinski definition) is 2. The first-order chi connectivity index (χ1) is 10.1. The Kier molecular flexibility index (Phi) is 3.43. The fourth-order valence-electron chi connectivity index (χ4n) is 2.01. The van der Waals surface area contributed by atoms with Crippen molar-refractivity contribution in [2.45, 2.75) is 0 Å². The van der Waals surface area contributed by atoms with Crippen LogP contribution in [0.1, 0.15) is 16.0 Å². The van der Waals surface area contributed by atoms with Crippen molar-refractivity contribution in [2.75, 3.05) is 0 Å². The summed E-state index contributed by atoms with van der Waals surface area (Å²) < 4.78 is 14.2. The van der Waals surface area contributed by atoms with Gasteiger partial charge in [0, 0.05) is 21.2 Å². The molecule has 0 unspecified atom stereocenters. The summed E-state index contributed by atoms with van der Waals surface area (Å²) in [6, 6.07) is 13.9. The monoisotopic (exact) mass is 294 g/mol. The van der Waals surface area contributed by atoms with Gasteiger partial charge in [0.2, 0.25) is 0 Å². The standard InChI is InChI=1S/C17H11FN2S/c18-13-5-1-3-11(9-13)7-8-12-4-2-6-15-14(12)10-16(21-15)17(19)20/h1-6,9-10H,(H3,19,20). The van der Waals surface area contributed by atoms with Crippen LogP contribution in [-0.2, 0) is 0 Å². The number of thiophene rings is 1. The molecule has 1 heterocycles. The summed E-state index contributed by atoms with van der Waals surface area (Å²) in [4.78, 5) is 0.727. The van der Waals surface area contributed by atoms with Gasteiger partial charge in [-0.05, 0) is 36.4 Å². The smallest absolute Gasteiger partial charge is 0.133 e. The van der Waals surface area contributed by atoms with Gasteiger partial charge in [-0.25, -0.2) is 4.39 Å². The van der Waals surface area contributed by atoms with Crippen LogP contribution in [0.15, 0.2) is 48.5 Å². The summed E-state index contributed by atoms with van der Waals surface area (Å²) in [7, 11) is 0. The van der Waals surface area contributed by atoms with Crippen LogP contribution in [0.2, 0.25) is 0 Å². The van der Waals surface area contributed by atoms with E-state index in [0.717, 1.165) is 20.5 Å². The average Bonchev–Trinajstić information content (AvgIpc) is 2.90. The Balaban J connectivity index is 2.07. The van der Waals surface area contributed by atoms with Crippen LogP contribution in [0.3, 0.4) is 0 Å². The number of amidine groups is 1. The molecule has 0 saturated heterocycles. The topological polar surface area (TPSA) is 49.9 Å². The van der Waals surface area contributed by atoms with Crippen LogP contribution >= 0.6 is 11.3 Å². The molecule has 0 bridgehead atoms. The average molecular weight is 294 g/mol. The number of nitrogens with one attached hydrogen (secondary N) is 1. The van der Waals surface area contributed by atoms with Crippen LogP contribution in [0, 0.1) is 23.1 Å². The van der Waals surface area contributed by atoms with Gasteiger partial charge in [-0.1, -0.05) is 24.0 Å². The van der Waals surface area contributed by atoms with Crippen molar-refractivity contribution >= 4 is 27.3 Å². The molecular formula is C17H11FN2S. The molecule has 0 aliphatic carbocycles. The second kappa shape index (κ2) is 5.39. The van der Waals surface area contributed by atoms with Crippen LogP contribution in [0.5, 0.6) is 0 Å². The van der Waals surface area contributed by atoms with Crippen molar-refractivity contribution in [3.05, 3.63) is 70.4 Å². The molecule has 3 rings (SSSR count). The maximum absolute atomic E-state index is 13.1. The Bertz CT molecular complexity index is 900. The van der Waals surface area contributed by atoms with Crippen molar-refractivity contribution in [3.8, 4) is 11.8 Å². The highest BCUT2D eigenvalue weighted by molar-refractivity contribution is 7.20. The van der Waals surface area contributed by atoms with E-state index in [1.165, 1.54) is 23.5 Å². The second-order valence-electron chi connectivity index (χ2n) is 4.50. The summed E-state index contributed by atoms with van der Waals surface area (Å²) in [5.41, 5.74) is 7.01. The second-order valence-corrected chi connectivity index (χ2v) is 5.59. The highest BCUT2D eigenvalue weighted by atomic mass is 32.1. The van der Waals surface area contributed by atoms with E-state index in [9.17, 15) is 4.39 Å². The number of benzene rings is 2.